The van der Waals surface area contributed by atoms with Gasteiger partial charge in [-0.15, -0.1) is 10.2 Å². The molecule has 1 aliphatic carbocycles. The molecule has 9 heteroatoms. The Morgan fingerprint density at radius 3 is 2.42 bits per heavy atom. The van der Waals surface area contributed by atoms with Gasteiger partial charge in [0.25, 0.3) is 0 Å². The molecular weight excluding hydrogens is 456 g/mol. The molecule has 1 atom stereocenters. The van der Waals surface area contributed by atoms with Gasteiger partial charge in [0, 0.05) is 11.6 Å². The minimum Gasteiger partial charge on any atom is -0.349 e. The van der Waals surface area contributed by atoms with E-state index in [-0.39, 0.29) is 28.6 Å². The lowest BCUT2D eigenvalue weighted by atomic mass is 9.86. The van der Waals surface area contributed by atoms with Gasteiger partial charge < -0.3 is 5.32 Å². The Morgan fingerprint density at radius 2 is 1.85 bits per heavy atom. The van der Waals surface area contributed by atoms with E-state index in [9.17, 15) is 13.2 Å². The fourth-order valence-electron chi connectivity index (χ4n) is 4.80. The summed E-state index contributed by atoms with van der Waals surface area (Å²) in [4.78, 5) is 12.6. The molecular formula is C24H34N4O3S2. The van der Waals surface area contributed by atoms with E-state index in [1.54, 1.807) is 6.92 Å². The second-order valence-electron chi connectivity index (χ2n) is 10.7. The molecule has 1 saturated carbocycles. The third kappa shape index (κ3) is 5.62. The number of rotatable bonds is 6. The first-order chi connectivity index (χ1) is 15.5. The Bertz CT molecular complexity index is 1110. The fourth-order valence-corrected chi connectivity index (χ4v) is 7.69. The minimum atomic E-state index is -3.07. The number of nitrogens with one attached hydrogen (secondary N) is 1. The molecule has 4 rings (SSSR count). The van der Waals surface area contributed by atoms with Crippen molar-refractivity contribution < 1.29 is 13.2 Å². The van der Waals surface area contributed by atoms with Crippen LogP contribution in [0.5, 0.6) is 0 Å². The molecule has 0 radical (unpaired) electrons. The Morgan fingerprint density at radius 1 is 1.18 bits per heavy atom. The molecule has 1 N–H and O–H groups in total. The van der Waals surface area contributed by atoms with Gasteiger partial charge in [0.15, 0.2) is 20.8 Å². The molecule has 0 bridgehead atoms. The molecule has 1 saturated heterocycles. The quantitative estimate of drug-likeness (QED) is 0.612. The summed E-state index contributed by atoms with van der Waals surface area (Å²) >= 11 is 1.37. The minimum absolute atomic E-state index is 0.00335. The van der Waals surface area contributed by atoms with Gasteiger partial charge in [0.1, 0.15) is 0 Å². The molecule has 2 fully saturated rings. The van der Waals surface area contributed by atoms with Crippen molar-refractivity contribution in [1.82, 2.24) is 20.1 Å². The number of thioether (sulfide) groups is 1. The first-order valence-corrected chi connectivity index (χ1v) is 14.5. The zero-order valence-electron chi connectivity index (χ0n) is 19.9. The van der Waals surface area contributed by atoms with Gasteiger partial charge in [0.2, 0.25) is 5.91 Å². The van der Waals surface area contributed by atoms with Gasteiger partial charge in [-0.05, 0) is 37.2 Å². The lowest BCUT2D eigenvalue weighted by Gasteiger charge is -2.24. The highest BCUT2D eigenvalue weighted by atomic mass is 32.2. The van der Waals surface area contributed by atoms with Crippen molar-refractivity contribution in [1.29, 1.82) is 0 Å². The van der Waals surface area contributed by atoms with Crippen molar-refractivity contribution in [3.63, 3.8) is 0 Å². The van der Waals surface area contributed by atoms with Crippen molar-refractivity contribution >= 4 is 27.5 Å². The number of carbonyl (C=O) groups excluding carboxylic acids is 1. The average Bonchev–Trinajstić information content (AvgIpc) is 3.44. The molecule has 1 amide bonds. The molecule has 180 valence electrons. The highest BCUT2D eigenvalue weighted by Gasteiger charge is 2.39. The number of sulfone groups is 1. The van der Waals surface area contributed by atoms with Crippen LogP contribution < -0.4 is 5.32 Å². The standard InChI is InChI=1S/C24H34N4O3S2/c1-23(2,3)18-11-9-17(10-12-18)21-26-27-22(28(21)19-7-5-6-8-19)32-15-20(29)25-24(4)13-14-33(30,31)16-24/h9-12,19H,5-8,13-16H2,1-4H3,(H,25,29). The smallest absolute Gasteiger partial charge is 0.230 e. The Labute approximate surface area is 201 Å². The fraction of sp³-hybridized carbons (Fsp3) is 0.625. The highest BCUT2D eigenvalue weighted by Crippen LogP contribution is 2.37. The maximum atomic E-state index is 12.6. The van der Waals surface area contributed by atoms with Crippen LogP contribution in [0.15, 0.2) is 29.4 Å². The van der Waals surface area contributed by atoms with Crippen LogP contribution in [0, 0.1) is 0 Å². The number of hydrogen-bond donors (Lipinski definition) is 1. The summed E-state index contributed by atoms with van der Waals surface area (Å²) < 4.78 is 25.9. The van der Waals surface area contributed by atoms with Gasteiger partial charge in [-0.1, -0.05) is 69.6 Å². The second-order valence-corrected chi connectivity index (χ2v) is 13.8. The van der Waals surface area contributed by atoms with Crippen LogP contribution >= 0.6 is 11.8 Å². The topological polar surface area (TPSA) is 93.9 Å². The summed E-state index contributed by atoms with van der Waals surface area (Å²) in [5.74, 6) is 0.993. The zero-order valence-corrected chi connectivity index (χ0v) is 21.6. The first kappa shape index (κ1) is 24.3. The summed E-state index contributed by atoms with van der Waals surface area (Å²) in [6.07, 6.45) is 4.99. The van der Waals surface area contributed by atoms with Crippen LogP contribution in [0.3, 0.4) is 0 Å². The number of aromatic nitrogens is 3. The predicted molar refractivity (Wildman–Crippen MR) is 132 cm³/mol. The predicted octanol–water partition coefficient (Wildman–Crippen LogP) is 4.14. The molecule has 1 aromatic heterocycles. The molecule has 7 nitrogen and oxygen atoms in total. The molecule has 1 aliphatic heterocycles. The van der Waals surface area contributed by atoms with Gasteiger partial charge in [0.05, 0.1) is 22.8 Å². The van der Waals surface area contributed by atoms with Crippen LogP contribution in [0.25, 0.3) is 11.4 Å². The SMILES string of the molecule is CC1(NC(=O)CSc2nnc(-c3ccc(C(C)(C)C)cc3)n2C2CCCC2)CCS(=O)(=O)C1. The molecule has 2 aromatic rings. The molecule has 2 aliphatic rings. The Balaban J connectivity index is 1.52. The van der Waals surface area contributed by atoms with E-state index in [0.717, 1.165) is 29.4 Å². The number of amides is 1. The molecule has 1 unspecified atom stereocenters. The van der Waals surface area contributed by atoms with Crippen molar-refractivity contribution in [2.75, 3.05) is 17.3 Å². The van der Waals surface area contributed by atoms with E-state index < -0.39 is 15.4 Å². The van der Waals surface area contributed by atoms with Crippen LogP contribution in [-0.2, 0) is 20.0 Å². The van der Waals surface area contributed by atoms with Crippen LogP contribution in [0.2, 0.25) is 0 Å². The number of hydrogen-bond acceptors (Lipinski definition) is 6. The Kier molecular flexibility index (Phi) is 6.66. The van der Waals surface area contributed by atoms with E-state index in [4.69, 9.17) is 0 Å². The zero-order chi connectivity index (χ0) is 23.9. The van der Waals surface area contributed by atoms with E-state index >= 15 is 0 Å². The van der Waals surface area contributed by atoms with E-state index in [1.807, 2.05) is 0 Å². The summed E-state index contributed by atoms with van der Waals surface area (Å²) in [7, 11) is -3.07. The molecule has 33 heavy (non-hydrogen) atoms. The maximum absolute atomic E-state index is 12.6. The van der Waals surface area contributed by atoms with E-state index in [0.29, 0.717) is 12.5 Å². The summed E-state index contributed by atoms with van der Waals surface area (Å²) in [6.45, 7) is 8.40. The van der Waals surface area contributed by atoms with Crippen LogP contribution in [0.1, 0.15) is 71.4 Å². The van der Waals surface area contributed by atoms with Gasteiger partial charge in [-0.2, -0.15) is 0 Å². The van der Waals surface area contributed by atoms with Crippen molar-refractivity contribution in [2.45, 2.75) is 82.0 Å². The third-order valence-electron chi connectivity index (χ3n) is 6.64. The normalized spacial score (nSPS) is 23.2. The molecule has 0 spiro atoms. The lowest BCUT2D eigenvalue weighted by molar-refractivity contribution is -0.120. The number of carbonyl (C=O) groups is 1. The van der Waals surface area contributed by atoms with Crippen molar-refractivity contribution in [3.05, 3.63) is 29.8 Å². The van der Waals surface area contributed by atoms with Gasteiger partial charge >= 0.3 is 0 Å². The highest BCUT2D eigenvalue weighted by molar-refractivity contribution is 7.99. The first-order valence-electron chi connectivity index (χ1n) is 11.7. The van der Waals surface area contributed by atoms with Crippen LogP contribution in [0.4, 0.5) is 0 Å². The van der Waals surface area contributed by atoms with Gasteiger partial charge in [-0.25, -0.2) is 8.42 Å². The third-order valence-corrected chi connectivity index (χ3v) is 9.49. The van der Waals surface area contributed by atoms with E-state index in [1.165, 1.54) is 30.2 Å². The largest absolute Gasteiger partial charge is 0.349 e. The van der Waals surface area contributed by atoms with Gasteiger partial charge in [-0.3, -0.25) is 9.36 Å². The van der Waals surface area contributed by atoms with E-state index in [2.05, 4.69) is 65.1 Å². The molecule has 2 heterocycles. The monoisotopic (exact) mass is 490 g/mol. The second kappa shape index (κ2) is 9.06. The average molecular weight is 491 g/mol. The lowest BCUT2D eigenvalue weighted by Crippen LogP contribution is -2.47. The summed E-state index contributed by atoms with van der Waals surface area (Å²) in [5.41, 5.74) is 1.70. The Hall–Kier alpha value is -1.87. The number of benzene rings is 1. The maximum Gasteiger partial charge on any atom is 0.230 e. The summed E-state index contributed by atoms with van der Waals surface area (Å²) in [6, 6.07) is 8.86. The number of nitrogens with zero attached hydrogens (tertiary/aromatic N) is 3. The van der Waals surface area contributed by atoms with Crippen molar-refractivity contribution in [2.24, 2.45) is 0 Å². The van der Waals surface area contributed by atoms with Crippen molar-refractivity contribution in [3.8, 4) is 11.4 Å². The van der Waals surface area contributed by atoms with Crippen LogP contribution in [-0.4, -0.2) is 51.9 Å². The summed E-state index contributed by atoms with van der Waals surface area (Å²) in [5, 5.41) is 12.6. The molecule has 1 aromatic carbocycles.